The first-order valence-electron chi connectivity index (χ1n) is 19.9. The van der Waals surface area contributed by atoms with Crippen molar-refractivity contribution in [1.82, 2.24) is 0 Å². The lowest BCUT2D eigenvalue weighted by Gasteiger charge is -2.15. The van der Waals surface area contributed by atoms with Crippen LogP contribution in [0.3, 0.4) is 0 Å². The standard InChI is InChI=1S/C43H80O4/c1-34(2)17-11-19-36(5)21-13-23-38(7)25-15-27-40(9)29-31-46-42(44)33-43(45)47-32-30-41(10)28-16-26-39(8)24-14-22-37(6)20-12-18-35(3)4/h29-30,34-39H,11-28,31-33H2,1-10H3/t36-,37-,38-,39-/m1/s1. The van der Waals surface area contributed by atoms with E-state index in [0.29, 0.717) is 0 Å². The molecule has 0 saturated heterocycles. The third-order valence-electron chi connectivity index (χ3n) is 9.92. The van der Waals surface area contributed by atoms with Crippen molar-refractivity contribution in [3.8, 4) is 0 Å². The average Bonchev–Trinajstić information content (AvgIpc) is 2.96. The summed E-state index contributed by atoms with van der Waals surface area (Å²) < 4.78 is 10.5. The normalized spacial score (nSPS) is 15.1. The Morgan fingerprint density at radius 3 is 1.02 bits per heavy atom. The molecule has 0 rings (SSSR count). The van der Waals surface area contributed by atoms with Crippen LogP contribution in [0.4, 0.5) is 0 Å². The smallest absolute Gasteiger partial charge is 0.317 e. The summed E-state index contributed by atoms with van der Waals surface area (Å²) in [7, 11) is 0. The van der Waals surface area contributed by atoms with Crippen molar-refractivity contribution >= 4 is 11.9 Å². The van der Waals surface area contributed by atoms with Gasteiger partial charge >= 0.3 is 11.9 Å². The first kappa shape index (κ1) is 45.4. The molecule has 0 N–H and O–H groups in total. The quantitative estimate of drug-likeness (QED) is 0.0437. The van der Waals surface area contributed by atoms with E-state index in [0.717, 1.165) is 61.2 Å². The monoisotopic (exact) mass is 661 g/mol. The van der Waals surface area contributed by atoms with Gasteiger partial charge in [0.25, 0.3) is 0 Å². The van der Waals surface area contributed by atoms with Gasteiger partial charge in [0, 0.05) is 0 Å². The molecule has 0 aromatic rings. The highest BCUT2D eigenvalue weighted by molar-refractivity contribution is 5.91. The van der Waals surface area contributed by atoms with Gasteiger partial charge in [0.15, 0.2) is 0 Å². The van der Waals surface area contributed by atoms with Crippen molar-refractivity contribution in [2.45, 2.75) is 191 Å². The largest absolute Gasteiger partial charge is 0.461 e. The van der Waals surface area contributed by atoms with Crippen molar-refractivity contribution < 1.29 is 19.1 Å². The molecule has 0 aromatic carbocycles. The van der Waals surface area contributed by atoms with Crippen molar-refractivity contribution in [3.63, 3.8) is 0 Å². The van der Waals surface area contributed by atoms with Crippen LogP contribution in [0.1, 0.15) is 191 Å². The number of allylic oxidation sites excluding steroid dienone is 2. The third-order valence-corrected chi connectivity index (χ3v) is 9.92. The second-order valence-electron chi connectivity index (χ2n) is 16.4. The molecule has 4 nitrogen and oxygen atoms in total. The molecule has 0 saturated carbocycles. The summed E-state index contributed by atoms with van der Waals surface area (Å²) in [6.07, 6.45) is 26.7. The minimum Gasteiger partial charge on any atom is -0.461 e. The summed E-state index contributed by atoms with van der Waals surface area (Å²) in [6, 6.07) is 0. The summed E-state index contributed by atoms with van der Waals surface area (Å²) in [5.74, 6) is 3.82. The first-order chi connectivity index (χ1) is 22.3. The van der Waals surface area contributed by atoms with Gasteiger partial charge in [0.1, 0.15) is 19.6 Å². The van der Waals surface area contributed by atoms with E-state index in [1.165, 1.54) is 101 Å². The molecule has 0 spiro atoms. The molecule has 0 unspecified atom stereocenters. The van der Waals surface area contributed by atoms with Gasteiger partial charge in [0.05, 0.1) is 0 Å². The van der Waals surface area contributed by atoms with Crippen LogP contribution in [0.2, 0.25) is 0 Å². The molecule has 0 heterocycles. The number of hydrogen-bond donors (Lipinski definition) is 0. The predicted octanol–water partition coefficient (Wildman–Crippen LogP) is 13.2. The molecular weight excluding hydrogens is 580 g/mol. The molecule has 0 fully saturated rings. The van der Waals surface area contributed by atoms with E-state index >= 15 is 0 Å². The van der Waals surface area contributed by atoms with Crippen LogP contribution < -0.4 is 0 Å². The highest BCUT2D eigenvalue weighted by Gasteiger charge is 2.12. The fraction of sp³-hybridized carbons (Fsp3) is 0.860. The summed E-state index contributed by atoms with van der Waals surface area (Å²) in [5, 5.41) is 0. The van der Waals surface area contributed by atoms with Gasteiger partial charge in [-0.2, -0.15) is 0 Å². The van der Waals surface area contributed by atoms with Gasteiger partial charge in [-0.15, -0.1) is 0 Å². The zero-order valence-electron chi connectivity index (χ0n) is 33.1. The molecule has 0 aliphatic carbocycles. The van der Waals surface area contributed by atoms with Gasteiger partial charge in [-0.25, -0.2) is 0 Å². The molecule has 4 atom stereocenters. The fourth-order valence-corrected chi connectivity index (χ4v) is 6.39. The van der Waals surface area contributed by atoms with Gasteiger partial charge in [-0.05, 0) is 87.2 Å². The van der Waals surface area contributed by atoms with Crippen LogP contribution in [0.15, 0.2) is 23.3 Å². The number of carbonyl (C=O) groups is 2. The van der Waals surface area contributed by atoms with Crippen LogP contribution in [0.25, 0.3) is 0 Å². The molecule has 0 radical (unpaired) electrons. The summed E-state index contributed by atoms with van der Waals surface area (Å²) in [5.41, 5.74) is 2.48. The Morgan fingerprint density at radius 2 is 0.723 bits per heavy atom. The van der Waals surface area contributed by atoms with Crippen molar-refractivity contribution in [1.29, 1.82) is 0 Å². The van der Waals surface area contributed by atoms with Crippen molar-refractivity contribution in [2.75, 3.05) is 13.2 Å². The minimum absolute atomic E-state index is 0.219. The molecule has 0 amide bonds. The number of esters is 2. The first-order valence-corrected chi connectivity index (χ1v) is 19.9. The van der Waals surface area contributed by atoms with Crippen LogP contribution in [0, 0.1) is 35.5 Å². The van der Waals surface area contributed by atoms with Crippen molar-refractivity contribution in [3.05, 3.63) is 23.3 Å². The van der Waals surface area contributed by atoms with Gasteiger partial charge in [0.2, 0.25) is 0 Å². The lowest BCUT2D eigenvalue weighted by molar-refractivity contribution is -0.153. The van der Waals surface area contributed by atoms with E-state index in [1.54, 1.807) is 0 Å². The van der Waals surface area contributed by atoms with Crippen LogP contribution >= 0.6 is 0 Å². The zero-order chi connectivity index (χ0) is 35.5. The second-order valence-corrected chi connectivity index (χ2v) is 16.4. The van der Waals surface area contributed by atoms with Gasteiger partial charge in [-0.3, -0.25) is 9.59 Å². The number of rotatable bonds is 30. The van der Waals surface area contributed by atoms with Crippen molar-refractivity contribution in [2.24, 2.45) is 35.5 Å². The predicted molar refractivity (Wildman–Crippen MR) is 203 cm³/mol. The van der Waals surface area contributed by atoms with E-state index in [9.17, 15) is 9.59 Å². The van der Waals surface area contributed by atoms with E-state index < -0.39 is 11.9 Å². The van der Waals surface area contributed by atoms with Crippen LogP contribution in [0.5, 0.6) is 0 Å². The number of hydrogen-bond acceptors (Lipinski definition) is 4. The minimum atomic E-state index is -0.522. The fourth-order valence-electron chi connectivity index (χ4n) is 6.39. The lowest BCUT2D eigenvalue weighted by atomic mass is 9.91. The van der Waals surface area contributed by atoms with Crippen LogP contribution in [-0.4, -0.2) is 25.2 Å². The maximum Gasteiger partial charge on any atom is 0.317 e. The maximum atomic E-state index is 12.1. The van der Waals surface area contributed by atoms with E-state index in [-0.39, 0.29) is 19.6 Å². The number of ether oxygens (including phenoxy) is 2. The molecule has 0 aliphatic rings. The van der Waals surface area contributed by atoms with E-state index in [1.807, 2.05) is 12.2 Å². The van der Waals surface area contributed by atoms with Gasteiger partial charge in [-0.1, -0.05) is 156 Å². The Kier molecular flexibility index (Phi) is 28.4. The molecule has 0 aliphatic heterocycles. The van der Waals surface area contributed by atoms with E-state index in [4.69, 9.17) is 9.47 Å². The Labute approximate surface area is 293 Å². The summed E-state index contributed by atoms with van der Waals surface area (Å²) >= 11 is 0. The summed E-state index contributed by atoms with van der Waals surface area (Å²) in [6.45, 7) is 23.5. The second kappa shape index (κ2) is 29.3. The topological polar surface area (TPSA) is 52.6 Å². The maximum absolute atomic E-state index is 12.1. The molecular formula is C43H80O4. The Bertz CT molecular complexity index is 771. The third kappa shape index (κ3) is 31.4. The average molecular weight is 661 g/mol. The SMILES string of the molecule is CC(=CCOC(=O)CC(=O)OCC=C(C)CCC[C@H](C)CCC[C@H](C)CCCC(C)C)CCC[C@H](C)CCC[C@H](C)CCCC(C)C. The molecule has 0 bridgehead atoms. The Morgan fingerprint density at radius 1 is 0.447 bits per heavy atom. The number of carbonyl (C=O) groups excluding carboxylic acids is 2. The Hall–Kier alpha value is -1.58. The highest BCUT2D eigenvalue weighted by Crippen LogP contribution is 2.23. The van der Waals surface area contributed by atoms with E-state index in [2.05, 4.69) is 69.2 Å². The summed E-state index contributed by atoms with van der Waals surface area (Å²) in [4.78, 5) is 24.2. The molecule has 276 valence electrons. The Balaban J connectivity index is 3.93. The van der Waals surface area contributed by atoms with Gasteiger partial charge < -0.3 is 9.47 Å². The molecule has 0 aromatic heterocycles. The molecule has 4 heteroatoms. The molecule has 47 heavy (non-hydrogen) atoms. The highest BCUT2D eigenvalue weighted by atomic mass is 16.6. The van der Waals surface area contributed by atoms with Crippen LogP contribution in [-0.2, 0) is 19.1 Å². The lowest BCUT2D eigenvalue weighted by Crippen LogP contribution is -2.14. The zero-order valence-corrected chi connectivity index (χ0v) is 33.1.